The third-order valence-electron chi connectivity index (χ3n) is 6.07. The molecule has 0 bridgehead atoms. The number of piperidine rings is 1. The van der Waals surface area contributed by atoms with Gasteiger partial charge in [-0.3, -0.25) is 9.59 Å². The van der Waals surface area contributed by atoms with E-state index in [1.54, 1.807) is 19.0 Å². The number of amides is 2. The van der Waals surface area contributed by atoms with Gasteiger partial charge in [0.2, 0.25) is 11.8 Å². The van der Waals surface area contributed by atoms with Gasteiger partial charge in [0.25, 0.3) is 0 Å². The van der Waals surface area contributed by atoms with Gasteiger partial charge >= 0.3 is 0 Å². The molecule has 4 nitrogen and oxygen atoms in total. The van der Waals surface area contributed by atoms with Crippen LogP contribution in [0.2, 0.25) is 5.02 Å². The Morgan fingerprint density at radius 1 is 1.12 bits per heavy atom. The van der Waals surface area contributed by atoms with Gasteiger partial charge in [0.05, 0.1) is 5.41 Å². The molecule has 5 heteroatoms. The first-order valence-corrected chi connectivity index (χ1v) is 10.1. The zero-order valence-electron chi connectivity index (χ0n) is 15.8. The average molecular weight is 377 g/mol. The second kappa shape index (κ2) is 7.99. The lowest BCUT2D eigenvalue weighted by molar-refractivity contribution is -0.143. The molecule has 2 aliphatic rings. The monoisotopic (exact) mass is 376 g/mol. The van der Waals surface area contributed by atoms with Gasteiger partial charge in [-0.1, -0.05) is 43.0 Å². The minimum absolute atomic E-state index is 0.0440. The first kappa shape index (κ1) is 19.2. The Morgan fingerprint density at radius 3 is 2.35 bits per heavy atom. The molecule has 0 aromatic heterocycles. The highest BCUT2D eigenvalue weighted by atomic mass is 35.5. The van der Waals surface area contributed by atoms with E-state index in [0.29, 0.717) is 18.1 Å². The summed E-state index contributed by atoms with van der Waals surface area (Å²) in [5.74, 6) is 0.456. The lowest BCUT2D eigenvalue weighted by Gasteiger charge is -2.42. The molecule has 26 heavy (non-hydrogen) atoms. The Hall–Kier alpha value is -1.55. The van der Waals surface area contributed by atoms with Crippen LogP contribution in [-0.2, 0) is 15.0 Å². The van der Waals surface area contributed by atoms with Crippen molar-refractivity contribution >= 4 is 23.4 Å². The minimum atomic E-state index is -0.443. The van der Waals surface area contributed by atoms with E-state index < -0.39 is 5.41 Å². The van der Waals surface area contributed by atoms with Gasteiger partial charge in [-0.15, -0.1) is 0 Å². The van der Waals surface area contributed by atoms with Crippen LogP contribution in [0.1, 0.15) is 50.5 Å². The van der Waals surface area contributed by atoms with Crippen molar-refractivity contribution < 1.29 is 9.59 Å². The van der Waals surface area contributed by atoms with E-state index in [9.17, 15) is 9.59 Å². The largest absolute Gasteiger partial charge is 0.349 e. The average Bonchev–Trinajstić information content (AvgIpc) is 2.67. The number of carbonyl (C=O) groups is 2. The number of rotatable bonds is 3. The lowest BCUT2D eigenvalue weighted by atomic mass is 9.68. The zero-order chi connectivity index (χ0) is 18.7. The van der Waals surface area contributed by atoms with Gasteiger partial charge in [0.15, 0.2) is 0 Å². The Labute approximate surface area is 161 Å². The molecule has 1 heterocycles. The van der Waals surface area contributed by atoms with Crippen LogP contribution in [0.3, 0.4) is 0 Å². The van der Waals surface area contributed by atoms with Crippen LogP contribution in [0.4, 0.5) is 0 Å². The summed E-state index contributed by atoms with van der Waals surface area (Å²) in [7, 11) is 3.60. The molecular weight excluding hydrogens is 348 g/mol. The van der Waals surface area contributed by atoms with Crippen molar-refractivity contribution in [2.45, 2.75) is 50.4 Å². The first-order valence-electron chi connectivity index (χ1n) is 9.70. The highest BCUT2D eigenvalue weighted by Gasteiger charge is 2.44. The molecule has 1 aromatic rings. The number of hydrogen-bond donors (Lipinski definition) is 0. The van der Waals surface area contributed by atoms with Crippen molar-refractivity contribution in [3.63, 3.8) is 0 Å². The number of benzene rings is 1. The molecule has 1 saturated carbocycles. The predicted molar refractivity (Wildman–Crippen MR) is 104 cm³/mol. The quantitative estimate of drug-likeness (QED) is 0.803. The molecule has 1 aliphatic carbocycles. The summed E-state index contributed by atoms with van der Waals surface area (Å²) in [4.78, 5) is 29.4. The minimum Gasteiger partial charge on any atom is -0.349 e. The van der Waals surface area contributed by atoms with Crippen LogP contribution in [-0.4, -0.2) is 48.8 Å². The third-order valence-corrected chi connectivity index (χ3v) is 6.30. The lowest BCUT2D eigenvalue weighted by Crippen LogP contribution is -2.51. The molecule has 0 spiro atoms. The maximum absolute atomic E-state index is 13.6. The van der Waals surface area contributed by atoms with E-state index in [1.807, 2.05) is 23.1 Å². The molecule has 2 fully saturated rings. The summed E-state index contributed by atoms with van der Waals surface area (Å²) >= 11 is 6.23. The summed E-state index contributed by atoms with van der Waals surface area (Å²) < 4.78 is 0. The third kappa shape index (κ3) is 3.75. The SMILES string of the molecule is CN(C)C(=O)C1CCN(C(=O)C2(c3cccc(Cl)c3)CCCCC2)CC1. The molecule has 0 radical (unpaired) electrons. The number of carbonyl (C=O) groups excluding carboxylic acids is 2. The van der Waals surface area contributed by atoms with Crippen LogP contribution in [0.25, 0.3) is 0 Å². The van der Waals surface area contributed by atoms with Crippen molar-refractivity contribution in [1.82, 2.24) is 9.80 Å². The fraction of sp³-hybridized carbons (Fsp3) is 0.619. The molecule has 3 rings (SSSR count). The standard InChI is InChI=1S/C21H29ClN2O2/c1-23(2)19(25)16-9-13-24(14-10-16)20(26)21(11-4-3-5-12-21)17-7-6-8-18(22)15-17/h6-8,15-16H,3-5,9-14H2,1-2H3. The predicted octanol–water partition coefficient (Wildman–Crippen LogP) is 3.87. The molecule has 0 N–H and O–H groups in total. The summed E-state index contributed by atoms with van der Waals surface area (Å²) in [6.45, 7) is 1.34. The Morgan fingerprint density at radius 2 is 1.77 bits per heavy atom. The van der Waals surface area contributed by atoms with Gasteiger partial charge < -0.3 is 9.80 Å². The van der Waals surface area contributed by atoms with Crippen LogP contribution in [0.15, 0.2) is 24.3 Å². The maximum Gasteiger partial charge on any atom is 0.233 e. The Kier molecular flexibility index (Phi) is 5.91. The first-order chi connectivity index (χ1) is 12.4. The van der Waals surface area contributed by atoms with Crippen molar-refractivity contribution in [1.29, 1.82) is 0 Å². The summed E-state index contributed by atoms with van der Waals surface area (Å²) in [5.41, 5.74) is 0.614. The van der Waals surface area contributed by atoms with E-state index in [-0.39, 0.29) is 17.7 Å². The van der Waals surface area contributed by atoms with E-state index in [2.05, 4.69) is 6.07 Å². The highest BCUT2D eigenvalue weighted by molar-refractivity contribution is 6.30. The molecule has 1 aliphatic heterocycles. The highest BCUT2D eigenvalue weighted by Crippen LogP contribution is 2.42. The van der Waals surface area contributed by atoms with Gasteiger partial charge in [0, 0.05) is 38.1 Å². The summed E-state index contributed by atoms with van der Waals surface area (Å²) in [6.07, 6.45) is 6.64. The normalized spacial score (nSPS) is 20.7. The van der Waals surface area contributed by atoms with E-state index >= 15 is 0 Å². The molecule has 2 amide bonds. The van der Waals surface area contributed by atoms with Gasteiger partial charge in [-0.2, -0.15) is 0 Å². The topological polar surface area (TPSA) is 40.6 Å². The number of hydrogen-bond acceptors (Lipinski definition) is 2. The van der Waals surface area contributed by atoms with Crippen LogP contribution in [0, 0.1) is 5.92 Å². The fourth-order valence-electron chi connectivity index (χ4n) is 4.56. The van der Waals surface area contributed by atoms with Crippen molar-refractivity contribution in [3.05, 3.63) is 34.9 Å². The van der Waals surface area contributed by atoms with E-state index in [0.717, 1.165) is 44.1 Å². The molecular formula is C21H29ClN2O2. The number of halogens is 1. The summed E-state index contributed by atoms with van der Waals surface area (Å²) in [5, 5.41) is 0.690. The van der Waals surface area contributed by atoms with Gasteiger partial charge in [0.1, 0.15) is 0 Å². The molecule has 1 saturated heterocycles. The van der Waals surface area contributed by atoms with Crippen molar-refractivity contribution in [2.75, 3.05) is 27.2 Å². The molecule has 0 unspecified atom stereocenters. The second-order valence-corrected chi connectivity index (χ2v) is 8.39. The van der Waals surface area contributed by atoms with Crippen molar-refractivity contribution in [3.8, 4) is 0 Å². The summed E-state index contributed by atoms with van der Waals surface area (Å²) in [6, 6.07) is 7.83. The number of likely N-dealkylation sites (tertiary alicyclic amines) is 1. The van der Waals surface area contributed by atoms with E-state index in [1.165, 1.54) is 6.42 Å². The number of nitrogens with zero attached hydrogens (tertiary/aromatic N) is 2. The molecule has 1 aromatic carbocycles. The van der Waals surface area contributed by atoms with Crippen LogP contribution < -0.4 is 0 Å². The van der Waals surface area contributed by atoms with Crippen LogP contribution >= 0.6 is 11.6 Å². The molecule has 142 valence electrons. The van der Waals surface area contributed by atoms with Gasteiger partial charge in [-0.25, -0.2) is 0 Å². The Bertz CT molecular complexity index is 660. The second-order valence-electron chi connectivity index (χ2n) is 7.95. The van der Waals surface area contributed by atoms with Crippen LogP contribution in [0.5, 0.6) is 0 Å². The van der Waals surface area contributed by atoms with Gasteiger partial charge in [-0.05, 0) is 43.4 Å². The Balaban J connectivity index is 1.78. The van der Waals surface area contributed by atoms with E-state index in [4.69, 9.17) is 11.6 Å². The molecule has 0 atom stereocenters. The fourth-order valence-corrected chi connectivity index (χ4v) is 4.76. The maximum atomic E-state index is 13.6. The zero-order valence-corrected chi connectivity index (χ0v) is 16.6. The smallest absolute Gasteiger partial charge is 0.233 e. The van der Waals surface area contributed by atoms with Crippen molar-refractivity contribution in [2.24, 2.45) is 5.92 Å².